The van der Waals surface area contributed by atoms with Gasteiger partial charge in [-0.25, -0.2) is 0 Å². The molecule has 1 aliphatic heterocycles. The fourth-order valence-electron chi connectivity index (χ4n) is 4.68. The fraction of sp³-hybridized carbons (Fsp3) is 0.258. The van der Waals surface area contributed by atoms with E-state index >= 15 is 0 Å². The molecule has 36 heavy (non-hydrogen) atoms. The van der Waals surface area contributed by atoms with E-state index in [4.69, 9.17) is 14.5 Å². The molecule has 184 valence electrons. The molecular formula is C31H33N3O2. The third-order valence-electron chi connectivity index (χ3n) is 6.38. The summed E-state index contributed by atoms with van der Waals surface area (Å²) in [4.78, 5) is 7.19. The van der Waals surface area contributed by atoms with Crippen LogP contribution < -0.4 is 19.7 Å². The Morgan fingerprint density at radius 2 is 1.31 bits per heavy atom. The molecule has 0 spiro atoms. The van der Waals surface area contributed by atoms with Crippen molar-refractivity contribution in [1.82, 2.24) is 10.3 Å². The predicted molar refractivity (Wildman–Crippen MR) is 145 cm³/mol. The van der Waals surface area contributed by atoms with Crippen molar-refractivity contribution in [2.45, 2.75) is 39.1 Å². The van der Waals surface area contributed by atoms with Crippen molar-refractivity contribution in [3.63, 3.8) is 0 Å². The molecule has 4 aromatic rings. The van der Waals surface area contributed by atoms with Crippen molar-refractivity contribution in [3.05, 3.63) is 108 Å². The van der Waals surface area contributed by atoms with Crippen molar-refractivity contribution < 1.29 is 9.47 Å². The first kappa shape index (κ1) is 23.9. The van der Waals surface area contributed by atoms with E-state index < -0.39 is 0 Å². The average molecular weight is 480 g/mol. The predicted octanol–water partition coefficient (Wildman–Crippen LogP) is 6.09. The van der Waals surface area contributed by atoms with E-state index in [-0.39, 0.29) is 0 Å². The number of rotatable bonds is 8. The molecule has 5 heteroatoms. The van der Waals surface area contributed by atoms with Gasteiger partial charge in [0.2, 0.25) is 11.8 Å². The largest absolute Gasteiger partial charge is 0.473 e. The molecule has 1 saturated heterocycles. The van der Waals surface area contributed by atoms with Gasteiger partial charge in [-0.3, -0.25) is 0 Å². The second-order valence-electron chi connectivity index (χ2n) is 9.47. The van der Waals surface area contributed by atoms with Crippen LogP contribution in [0, 0.1) is 0 Å². The molecule has 2 atom stereocenters. The Labute approximate surface area is 213 Å². The van der Waals surface area contributed by atoms with Crippen LogP contribution in [0.4, 0.5) is 5.69 Å². The lowest BCUT2D eigenvalue weighted by Gasteiger charge is -2.37. The Morgan fingerprint density at radius 3 is 1.92 bits per heavy atom. The third-order valence-corrected chi connectivity index (χ3v) is 6.38. The molecule has 3 aromatic carbocycles. The van der Waals surface area contributed by atoms with Crippen molar-refractivity contribution in [2.24, 2.45) is 0 Å². The second-order valence-corrected chi connectivity index (χ2v) is 9.47. The molecule has 1 aliphatic rings. The Kier molecular flexibility index (Phi) is 7.48. The molecule has 0 bridgehead atoms. The number of nitrogens with zero attached hydrogens (tertiary/aromatic N) is 2. The van der Waals surface area contributed by atoms with E-state index in [1.165, 1.54) is 5.69 Å². The molecule has 5 nitrogen and oxygen atoms in total. The summed E-state index contributed by atoms with van der Waals surface area (Å²) in [6, 6.07) is 33.9. The molecule has 0 amide bonds. The minimum atomic E-state index is 0.442. The summed E-state index contributed by atoms with van der Waals surface area (Å²) in [5.74, 6) is 1.12. The molecule has 0 unspecified atom stereocenters. The first-order chi connectivity index (χ1) is 17.6. The van der Waals surface area contributed by atoms with Crippen LogP contribution in [0.3, 0.4) is 0 Å². The van der Waals surface area contributed by atoms with Gasteiger partial charge in [0.05, 0.1) is 0 Å². The maximum atomic E-state index is 6.24. The van der Waals surface area contributed by atoms with E-state index in [1.807, 2.05) is 60.7 Å². The maximum absolute atomic E-state index is 6.24. The van der Waals surface area contributed by atoms with Crippen LogP contribution in [0.25, 0.3) is 11.1 Å². The zero-order chi connectivity index (χ0) is 24.7. The van der Waals surface area contributed by atoms with Crippen LogP contribution >= 0.6 is 0 Å². The minimum Gasteiger partial charge on any atom is -0.473 e. The second kappa shape index (κ2) is 11.3. The fourth-order valence-corrected chi connectivity index (χ4v) is 4.68. The summed E-state index contributed by atoms with van der Waals surface area (Å²) in [5.41, 5.74) is 5.45. The zero-order valence-electron chi connectivity index (χ0n) is 20.9. The van der Waals surface area contributed by atoms with Gasteiger partial charge in [0.1, 0.15) is 13.2 Å². The van der Waals surface area contributed by atoms with Crippen molar-refractivity contribution in [3.8, 4) is 22.9 Å². The van der Waals surface area contributed by atoms with Gasteiger partial charge in [0.15, 0.2) is 0 Å². The lowest BCUT2D eigenvalue weighted by Crippen LogP contribution is -2.54. The highest BCUT2D eigenvalue weighted by molar-refractivity contribution is 5.71. The standard InChI is InChI=1S/C31H33N3O2/c1-23-19-34(20-24(2)32-23)28-15-13-27(14-16-28)29-17-18-30(35-21-25-9-5-3-6-10-25)33-31(29)36-22-26-11-7-4-8-12-26/h3-18,23-24,32H,19-22H2,1-2H3/t23-,24+. The third kappa shape index (κ3) is 6.04. The van der Waals surface area contributed by atoms with Crippen molar-refractivity contribution in [2.75, 3.05) is 18.0 Å². The topological polar surface area (TPSA) is 46.6 Å². The number of nitrogens with one attached hydrogen (secondary N) is 1. The number of hydrogen-bond acceptors (Lipinski definition) is 5. The lowest BCUT2D eigenvalue weighted by molar-refractivity contribution is 0.268. The van der Waals surface area contributed by atoms with Crippen LogP contribution in [0.1, 0.15) is 25.0 Å². The number of hydrogen-bond donors (Lipinski definition) is 1. The first-order valence-electron chi connectivity index (χ1n) is 12.6. The Bertz CT molecular complexity index is 1240. The number of benzene rings is 3. The highest BCUT2D eigenvalue weighted by Crippen LogP contribution is 2.33. The Hall–Kier alpha value is -3.83. The first-order valence-corrected chi connectivity index (χ1v) is 12.6. The quantitative estimate of drug-likeness (QED) is 0.331. The van der Waals surface area contributed by atoms with Gasteiger partial charge in [-0.05, 0) is 48.7 Å². The molecule has 0 radical (unpaired) electrons. The number of aromatic nitrogens is 1. The van der Waals surface area contributed by atoms with Gasteiger partial charge in [-0.15, -0.1) is 0 Å². The van der Waals surface area contributed by atoms with Crippen LogP contribution in [-0.2, 0) is 13.2 Å². The average Bonchev–Trinajstić information content (AvgIpc) is 2.91. The van der Waals surface area contributed by atoms with Crippen molar-refractivity contribution in [1.29, 1.82) is 0 Å². The Balaban J connectivity index is 1.37. The van der Waals surface area contributed by atoms with E-state index in [0.29, 0.717) is 37.1 Å². The molecule has 0 saturated carbocycles. The van der Waals surface area contributed by atoms with E-state index in [9.17, 15) is 0 Å². The van der Waals surface area contributed by atoms with Gasteiger partial charge in [0, 0.05) is 42.5 Å². The molecular weight excluding hydrogens is 446 g/mol. The van der Waals surface area contributed by atoms with E-state index in [0.717, 1.165) is 35.3 Å². The monoisotopic (exact) mass is 479 g/mol. The van der Waals surface area contributed by atoms with Gasteiger partial charge in [-0.2, -0.15) is 4.98 Å². The Morgan fingerprint density at radius 1 is 0.722 bits per heavy atom. The van der Waals surface area contributed by atoms with Crippen LogP contribution in [0.5, 0.6) is 11.8 Å². The van der Waals surface area contributed by atoms with Gasteiger partial charge in [-0.1, -0.05) is 72.8 Å². The van der Waals surface area contributed by atoms with Gasteiger partial charge in [0.25, 0.3) is 0 Å². The SMILES string of the molecule is C[C@@H]1CN(c2ccc(-c3ccc(OCc4ccccc4)nc3OCc3ccccc3)cc2)C[C@H](C)N1. The normalized spacial score (nSPS) is 17.6. The van der Waals surface area contributed by atoms with Gasteiger partial charge < -0.3 is 19.7 Å². The summed E-state index contributed by atoms with van der Waals surface area (Å²) in [7, 11) is 0. The summed E-state index contributed by atoms with van der Waals surface area (Å²) in [6.45, 7) is 7.38. The number of pyridine rings is 1. The summed E-state index contributed by atoms with van der Waals surface area (Å²) < 4.78 is 12.2. The summed E-state index contributed by atoms with van der Waals surface area (Å²) in [6.07, 6.45) is 0. The molecule has 1 N–H and O–H groups in total. The van der Waals surface area contributed by atoms with Gasteiger partial charge >= 0.3 is 0 Å². The van der Waals surface area contributed by atoms with Crippen LogP contribution in [0.2, 0.25) is 0 Å². The zero-order valence-corrected chi connectivity index (χ0v) is 20.9. The molecule has 1 aromatic heterocycles. The van der Waals surface area contributed by atoms with Crippen LogP contribution in [-0.4, -0.2) is 30.2 Å². The highest BCUT2D eigenvalue weighted by Gasteiger charge is 2.21. The van der Waals surface area contributed by atoms with E-state index in [2.05, 4.69) is 60.5 Å². The smallest absolute Gasteiger partial charge is 0.225 e. The minimum absolute atomic E-state index is 0.442. The number of ether oxygens (including phenoxy) is 2. The highest BCUT2D eigenvalue weighted by atomic mass is 16.5. The van der Waals surface area contributed by atoms with E-state index in [1.54, 1.807) is 0 Å². The van der Waals surface area contributed by atoms with Crippen LogP contribution in [0.15, 0.2) is 97.1 Å². The number of piperazine rings is 1. The molecule has 5 rings (SSSR count). The molecule has 0 aliphatic carbocycles. The maximum Gasteiger partial charge on any atom is 0.225 e. The lowest BCUT2D eigenvalue weighted by atomic mass is 10.1. The van der Waals surface area contributed by atoms with Crippen molar-refractivity contribution >= 4 is 5.69 Å². The molecule has 2 heterocycles. The summed E-state index contributed by atoms with van der Waals surface area (Å²) in [5, 5.41) is 3.60. The number of anilines is 1. The summed E-state index contributed by atoms with van der Waals surface area (Å²) >= 11 is 0. The molecule has 1 fully saturated rings.